The molecule has 3 aromatic rings. The fourth-order valence-corrected chi connectivity index (χ4v) is 2.32. The fourth-order valence-electron chi connectivity index (χ4n) is 2.32. The first-order valence-electron chi connectivity index (χ1n) is 7.16. The van der Waals surface area contributed by atoms with Gasteiger partial charge >= 0.3 is 0 Å². The smallest absolute Gasteiger partial charge is 0.261 e. The molecule has 5 nitrogen and oxygen atoms in total. The first-order valence-corrected chi connectivity index (χ1v) is 7.16. The van der Waals surface area contributed by atoms with E-state index in [4.69, 9.17) is 9.26 Å². The molecule has 0 unspecified atom stereocenters. The number of benzene rings is 2. The largest absolute Gasteiger partial charge is 0.497 e. The summed E-state index contributed by atoms with van der Waals surface area (Å²) in [6, 6.07) is 16.6. The Morgan fingerprint density at radius 1 is 1.13 bits per heavy atom. The van der Waals surface area contributed by atoms with E-state index in [2.05, 4.69) is 10.5 Å². The third-order valence-electron chi connectivity index (χ3n) is 3.45. The van der Waals surface area contributed by atoms with Gasteiger partial charge in [0, 0.05) is 17.3 Å². The number of hydrogen-bond acceptors (Lipinski definition) is 4. The molecule has 0 atom stereocenters. The molecule has 5 heteroatoms. The first-order chi connectivity index (χ1) is 11.2. The molecule has 2 aromatic carbocycles. The van der Waals surface area contributed by atoms with E-state index in [9.17, 15) is 4.79 Å². The molecule has 1 amide bonds. The molecule has 1 N–H and O–H groups in total. The lowest BCUT2D eigenvalue weighted by molar-refractivity contribution is 0.102. The summed E-state index contributed by atoms with van der Waals surface area (Å²) in [6.07, 6.45) is 0. The minimum absolute atomic E-state index is 0.268. The highest BCUT2D eigenvalue weighted by molar-refractivity contribution is 6.08. The van der Waals surface area contributed by atoms with Crippen molar-refractivity contribution < 1.29 is 14.1 Å². The van der Waals surface area contributed by atoms with Gasteiger partial charge in [0.05, 0.1) is 12.8 Å². The van der Waals surface area contributed by atoms with E-state index >= 15 is 0 Å². The van der Waals surface area contributed by atoms with Gasteiger partial charge in [-0.05, 0) is 19.1 Å². The average molecular weight is 308 g/mol. The molecule has 0 aliphatic rings. The zero-order valence-electron chi connectivity index (χ0n) is 12.9. The van der Waals surface area contributed by atoms with Crippen molar-refractivity contribution in [2.45, 2.75) is 6.92 Å². The number of carbonyl (C=O) groups excluding carboxylic acids is 1. The molecule has 3 rings (SSSR count). The monoisotopic (exact) mass is 308 g/mol. The maximum Gasteiger partial charge on any atom is 0.261 e. The minimum Gasteiger partial charge on any atom is -0.497 e. The lowest BCUT2D eigenvalue weighted by Gasteiger charge is -2.07. The Labute approximate surface area is 133 Å². The molecule has 1 heterocycles. The zero-order valence-corrected chi connectivity index (χ0v) is 12.9. The summed E-state index contributed by atoms with van der Waals surface area (Å²) < 4.78 is 10.5. The highest BCUT2D eigenvalue weighted by Crippen LogP contribution is 2.27. The topological polar surface area (TPSA) is 64.4 Å². The maximum atomic E-state index is 12.6. The van der Waals surface area contributed by atoms with E-state index in [0.717, 1.165) is 5.56 Å². The van der Waals surface area contributed by atoms with Gasteiger partial charge in [0.2, 0.25) is 0 Å². The highest BCUT2D eigenvalue weighted by Gasteiger charge is 2.21. The molecule has 0 fully saturated rings. The second kappa shape index (κ2) is 6.36. The van der Waals surface area contributed by atoms with Crippen molar-refractivity contribution in [2.24, 2.45) is 0 Å². The van der Waals surface area contributed by atoms with Gasteiger partial charge in [0.1, 0.15) is 11.3 Å². The van der Waals surface area contributed by atoms with E-state index in [1.54, 1.807) is 26.2 Å². The number of nitrogens with zero attached hydrogens (tertiary/aromatic N) is 1. The van der Waals surface area contributed by atoms with Crippen LogP contribution < -0.4 is 10.1 Å². The summed E-state index contributed by atoms with van der Waals surface area (Å²) in [6.45, 7) is 1.75. The van der Waals surface area contributed by atoms with Crippen LogP contribution >= 0.6 is 0 Å². The molecular formula is C18H16N2O3. The average Bonchev–Trinajstić information content (AvgIpc) is 2.97. The Morgan fingerprint density at radius 2 is 1.91 bits per heavy atom. The van der Waals surface area contributed by atoms with Gasteiger partial charge in [0.25, 0.3) is 5.91 Å². The number of ether oxygens (including phenoxy) is 1. The van der Waals surface area contributed by atoms with Crippen molar-refractivity contribution >= 4 is 11.6 Å². The molecule has 1 aromatic heterocycles. The highest BCUT2D eigenvalue weighted by atomic mass is 16.5. The van der Waals surface area contributed by atoms with Crippen molar-refractivity contribution in [2.75, 3.05) is 12.4 Å². The van der Waals surface area contributed by atoms with Gasteiger partial charge in [-0.1, -0.05) is 41.6 Å². The van der Waals surface area contributed by atoms with Crippen molar-refractivity contribution in [3.63, 3.8) is 0 Å². The van der Waals surface area contributed by atoms with E-state index in [1.165, 1.54) is 0 Å². The molecule has 0 bridgehead atoms. The van der Waals surface area contributed by atoms with Crippen LogP contribution in [0.15, 0.2) is 59.1 Å². The van der Waals surface area contributed by atoms with Crippen LogP contribution in [-0.2, 0) is 0 Å². The normalized spacial score (nSPS) is 10.3. The Bertz CT molecular complexity index is 825. The van der Waals surface area contributed by atoms with Gasteiger partial charge in [-0.2, -0.15) is 0 Å². The molecule has 0 saturated heterocycles. The molecule has 0 spiro atoms. The number of nitrogens with one attached hydrogen (secondary N) is 1. The number of aryl methyl sites for hydroxylation is 1. The van der Waals surface area contributed by atoms with Gasteiger partial charge in [-0.15, -0.1) is 0 Å². The predicted octanol–water partition coefficient (Wildman–Crippen LogP) is 3.91. The van der Waals surface area contributed by atoms with Crippen LogP contribution in [0.1, 0.15) is 16.1 Å². The number of methoxy groups -OCH3 is 1. The van der Waals surface area contributed by atoms with E-state index in [1.807, 2.05) is 42.5 Å². The first kappa shape index (κ1) is 14.8. The predicted molar refractivity (Wildman–Crippen MR) is 87.6 cm³/mol. The molecule has 0 aliphatic carbocycles. The number of carbonyl (C=O) groups is 1. The summed E-state index contributed by atoms with van der Waals surface area (Å²) in [5.74, 6) is 0.868. The van der Waals surface area contributed by atoms with E-state index in [-0.39, 0.29) is 5.91 Å². The fraction of sp³-hybridized carbons (Fsp3) is 0.111. The van der Waals surface area contributed by atoms with Gasteiger partial charge in [-0.3, -0.25) is 4.79 Å². The Hall–Kier alpha value is -3.08. The Morgan fingerprint density at radius 3 is 2.65 bits per heavy atom. The van der Waals surface area contributed by atoms with E-state index in [0.29, 0.717) is 28.5 Å². The number of aromatic nitrogens is 1. The third kappa shape index (κ3) is 3.08. The van der Waals surface area contributed by atoms with Crippen molar-refractivity contribution in [3.05, 3.63) is 65.9 Å². The minimum atomic E-state index is -0.268. The van der Waals surface area contributed by atoms with Crippen molar-refractivity contribution in [1.29, 1.82) is 0 Å². The van der Waals surface area contributed by atoms with Gasteiger partial charge < -0.3 is 14.6 Å². The van der Waals surface area contributed by atoms with Crippen molar-refractivity contribution in [3.8, 4) is 17.1 Å². The zero-order chi connectivity index (χ0) is 16.2. The van der Waals surface area contributed by atoms with Crippen LogP contribution in [0.25, 0.3) is 11.3 Å². The Balaban J connectivity index is 1.92. The standard InChI is InChI=1S/C18H16N2O3/c1-12-16(17(23-20-12)13-7-4-3-5-8-13)18(21)19-14-9-6-10-15(11-14)22-2/h3-11H,1-2H3,(H,19,21). The van der Waals surface area contributed by atoms with Gasteiger partial charge in [-0.25, -0.2) is 0 Å². The third-order valence-corrected chi connectivity index (χ3v) is 3.45. The van der Waals surface area contributed by atoms with Crippen LogP contribution in [0, 0.1) is 6.92 Å². The summed E-state index contributed by atoms with van der Waals surface area (Å²) in [5.41, 5.74) is 2.43. The van der Waals surface area contributed by atoms with Crippen LogP contribution in [0.4, 0.5) is 5.69 Å². The molecule has 0 saturated carbocycles. The molecule has 23 heavy (non-hydrogen) atoms. The van der Waals surface area contributed by atoms with Crippen LogP contribution in [0.2, 0.25) is 0 Å². The van der Waals surface area contributed by atoms with Crippen LogP contribution in [-0.4, -0.2) is 18.2 Å². The maximum absolute atomic E-state index is 12.6. The number of amides is 1. The number of hydrogen-bond donors (Lipinski definition) is 1. The van der Waals surface area contributed by atoms with Crippen LogP contribution in [0.5, 0.6) is 5.75 Å². The lowest BCUT2D eigenvalue weighted by atomic mass is 10.1. The van der Waals surface area contributed by atoms with Crippen molar-refractivity contribution in [1.82, 2.24) is 5.16 Å². The summed E-state index contributed by atoms with van der Waals surface area (Å²) in [5, 5.41) is 6.78. The summed E-state index contributed by atoms with van der Waals surface area (Å²) in [4.78, 5) is 12.6. The van der Waals surface area contributed by atoms with Crippen LogP contribution in [0.3, 0.4) is 0 Å². The molecule has 116 valence electrons. The summed E-state index contributed by atoms with van der Waals surface area (Å²) in [7, 11) is 1.58. The quantitative estimate of drug-likeness (QED) is 0.793. The van der Waals surface area contributed by atoms with E-state index < -0.39 is 0 Å². The summed E-state index contributed by atoms with van der Waals surface area (Å²) >= 11 is 0. The second-order valence-electron chi connectivity index (χ2n) is 5.02. The molecular weight excluding hydrogens is 292 g/mol. The molecule has 0 radical (unpaired) electrons. The second-order valence-corrected chi connectivity index (χ2v) is 5.02. The lowest BCUT2D eigenvalue weighted by Crippen LogP contribution is -2.13. The Kier molecular flexibility index (Phi) is 4.10. The van der Waals surface area contributed by atoms with Gasteiger partial charge in [0.15, 0.2) is 5.76 Å². The SMILES string of the molecule is COc1cccc(NC(=O)c2c(C)noc2-c2ccccc2)c1. The number of rotatable bonds is 4. The number of anilines is 1. The molecule has 0 aliphatic heterocycles.